The van der Waals surface area contributed by atoms with Crippen molar-refractivity contribution >= 4 is 0 Å². The molecule has 1 heteroatoms. The zero-order valence-corrected chi connectivity index (χ0v) is 9.31. The standard InChI is InChI=1S/C12H25N/c1-3-7-12(4-2)13-10-11-8-5-6-9-11/h11-13H,3-10H2,1-2H3. The van der Waals surface area contributed by atoms with Gasteiger partial charge in [-0.25, -0.2) is 0 Å². The highest BCUT2D eigenvalue weighted by atomic mass is 14.9. The Kier molecular flexibility index (Phi) is 5.45. The van der Waals surface area contributed by atoms with Gasteiger partial charge in [0.15, 0.2) is 0 Å². The van der Waals surface area contributed by atoms with Gasteiger partial charge in [0.2, 0.25) is 0 Å². The van der Waals surface area contributed by atoms with Gasteiger partial charge in [0.1, 0.15) is 0 Å². The minimum atomic E-state index is 0.783. The average molecular weight is 183 g/mol. The van der Waals surface area contributed by atoms with Gasteiger partial charge in [0, 0.05) is 6.04 Å². The summed E-state index contributed by atoms with van der Waals surface area (Å²) in [5.41, 5.74) is 0. The summed E-state index contributed by atoms with van der Waals surface area (Å²) in [5, 5.41) is 3.71. The minimum absolute atomic E-state index is 0.783. The van der Waals surface area contributed by atoms with E-state index < -0.39 is 0 Å². The molecule has 1 saturated carbocycles. The SMILES string of the molecule is CCCC(CC)NCC1CCCC1. The Bertz CT molecular complexity index is 116. The summed E-state index contributed by atoms with van der Waals surface area (Å²) in [6.07, 6.45) is 9.83. The summed E-state index contributed by atoms with van der Waals surface area (Å²) >= 11 is 0. The van der Waals surface area contributed by atoms with Crippen LogP contribution in [0.5, 0.6) is 0 Å². The van der Waals surface area contributed by atoms with Crippen molar-refractivity contribution in [2.24, 2.45) is 5.92 Å². The molecule has 13 heavy (non-hydrogen) atoms. The summed E-state index contributed by atoms with van der Waals surface area (Å²) in [6, 6.07) is 0.783. The summed E-state index contributed by atoms with van der Waals surface area (Å²) in [4.78, 5) is 0. The van der Waals surface area contributed by atoms with Crippen LogP contribution in [0, 0.1) is 5.92 Å². The van der Waals surface area contributed by atoms with Crippen LogP contribution >= 0.6 is 0 Å². The summed E-state index contributed by atoms with van der Waals surface area (Å²) in [6.45, 7) is 5.85. The number of rotatable bonds is 6. The van der Waals surface area contributed by atoms with Gasteiger partial charge < -0.3 is 5.32 Å². The van der Waals surface area contributed by atoms with Crippen LogP contribution in [0.15, 0.2) is 0 Å². The molecule has 1 aliphatic rings. The number of hydrogen-bond acceptors (Lipinski definition) is 1. The van der Waals surface area contributed by atoms with Crippen LogP contribution in [-0.2, 0) is 0 Å². The highest BCUT2D eigenvalue weighted by Crippen LogP contribution is 2.24. The third-order valence-electron chi connectivity index (χ3n) is 3.30. The van der Waals surface area contributed by atoms with E-state index in [2.05, 4.69) is 19.2 Å². The maximum Gasteiger partial charge on any atom is 0.00644 e. The Hall–Kier alpha value is -0.0400. The van der Waals surface area contributed by atoms with Crippen molar-refractivity contribution in [2.45, 2.75) is 64.8 Å². The molecule has 1 unspecified atom stereocenters. The predicted molar refractivity (Wildman–Crippen MR) is 58.9 cm³/mol. The van der Waals surface area contributed by atoms with E-state index in [-0.39, 0.29) is 0 Å². The third kappa shape index (κ3) is 4.12. The Labute approximate surface area is 83.3 Å². The van der Waals surface area contributed by atoms with Crippen LogP contribution in [0.4, 0.5) is 0 Å². The van der Waals surface area contributed by atoms with Gasteiger partial charge in [-0.1, -0.05) is 33.1 Å². The second-order valence-electron chi connectivity index (χ2n) is 4.45. The van der Waals surface area contributed by atoms with E-state index in [4.69, 9.17) is 0 Å². The molecule has 0 aliphatic heterocycles. The summed E-state index contributed by atoms with van der Waals surface area (Å²) in [5.74, 6) is 0.992. The molecule has 0 amide bonds. The molecule has 0 radical (unpaired) electrons. The molecule has 1 aliphatic carbocycles. The summed E-state index contributed by atoms with van der Waals surface area (Å²) in [7, 11) is 0. The zero-order valence-electron chi connectivity index (χ0n) is 9.31. The highest BCUT2D eigenvalue weighted by molar-refractivity contribution is 4.72. The molecular weight excluding hydrogens is 158 g/mol. The van der Waals surface area contributed by atoms with Crippen LogP contribution in [0.25, 0.3) is 0 Å². The largest absolute Gasteiger partial charge is 0.314 e. The smallest absolute Gasteiger partial charge is 0.00644 e. The maximum absolute atomic E-state index is 3.71. The molecule has 78 valence electrons. The first kappa shape index (κ1) is 11.0. The Morgan fingerprint density at radius 1 is 1.23 bits per heavy atom. The highest BCUT2D eigenvalue weighted by Gasteiger charge is 2.15. The molecule has 0 spiro atoms. The maximum atomic E-state index is 3.71. The van der Waals surface area contributed by atoms with Gasteiger partial charge in [-0.2, -0.15) is 0 Å². The normalized spacial score (nSPS) is 20.8. The lowest BCUT2D eigenvalue weighted by Gasteiger charge is -2.18. The first-order valence-corrected chi connectivity index (χ1v) is 6.10. The molecule has 1 N–H and O–H groups in total. The topological polar surface area (TPSA) is 12.0 Å². The Balaban J connectivity index is 2.07. The fourth-order valence-corrected chi connectivity index (χ4v) is 2.35. The molecule has 0 heterocycles. The molecule has 0 aromatic carbocycles. The average Bonchev–Trinajstić information content (AvgIpc) is 2.64. The minimum Gasteiger partial charge on any atom is -0.314 e. The van der Waals surface area contributed by atoms with Crippen molar-refractivity contribution in [2.75, 3.05) is 6.54 Å². The Morgan fingerprint density at radius 3 is 2.46 bits per heavy atom. The lowest BCUT2D eigenvalue weighted by molar-refractivity contribution is 0.405. The molecule has 0 bridgehead atoms. The molecule has 1 rings (SSSR count). The fraction of sp³-hybridized carbons (Fsp3) is 1.00. The van der Waals surface area contributed by atoms with Gasteiger partial charge in [-0.05, 0) is 38.1 Å². The van der Waals surface area contributed by atoms with Gasteiger partial charge in [0.05, 0.1) is 0 Å². The number of hydrogen-bond donors (Lipinski definition) is 1. The molecule has 0 aromatic heterocycles. The molecule has 1 atom stereocenters. The van der Waals surface area contributed by atoms with Crippen LogP contribution in [0.3, 0.4) is 0 Å². The van der Waals surface area contributed by atoms with Crippen molar-refractivity contribution in [3.63, 3.8) is 0 Å². The fourth-order valence-electron chi connectivity index (χ4n) is 2.35. The second-order valence-corrected chi connectivity index (χ2v) is 4.45. The lowest BCUT2D eigenvalue weighted by atomic mass is 10.1. The van der Waals surface area contributed by atoms with E-state index in [1.807, 2.05) is 0 Å². The predicted octanol–water partition coefficient (Wildman–Crippen LogP) is 3.34. The van der Waals surface area contributed by atoms with E-state index in [0.29, 0.717) is 0 Å². The van der Waals surface area contributed by atoms with Crippen LogP contribution < -0.4 is 5.32 Å². The van der Waals surface area contributed by atoms with E-state index in [0.717, 1.165) is 12.0 Å². The molecule has 0 saturated heterocycles. The van der Waals surface area contributed by atoms with Crippen molar-refractivity contribution in [1.29, 1.82) is 0 Å². The van der Waals surface area contributed by atoms with Crippen molar-refractivity contribution in [3.8, 4) is 0 Å². The number of nitrogens with one attached hydrogen (secondary N) is 1. The van der Waals surface area contributed by atoms with Gasteiger partial charge >= 0.3 is 0 Å². The molecule has 0 aromatic rings. The van der Waals surface area contributed by atoms with E-state index >= 15 is 0 Å². The van der Waals surface area contributed by atoms with Crippen molar-refractivity contribution in [1.82, 2.24) is 5.32 Å². The van der Waals surface area contributed by atoms with E-state index in [9.17, 15) is 0 Å². The molecular formula is C12H25N. The second kappa shape index (κ2) is 6.42. The van der Waals surface area contributed by atoms with Gasteiger partial charge in [-0.3, -0.25) is 0 Å². The quantitative estimate of drug-likeness (QED) is 0.666. The van der Waals surface area contributed by atoms with Crippen molar-refractivity contribution < 1.29 is 0 Å². The lowest BCUT2D eigenvalue weighted by Crippen LogP contribution is -2.32. The molecule has 1 fully saturated rings. The first-order chi connectivity index (χ1) is 6.36. The molecule has 1 nitrogen and oxygen atoms in total. The van der Waals surface area contributed by atoms with Crippen molar-refractivity contribution in [3.05, 3.63) is 0 Å². The van der Waals surface area contributed by atoms with Gasteiger partial charge in [-0.15, -0.1) is 0 Å². The Morgan fingerprint density at radius 2 is 1.92 bits per heavy atom. The van der Waals surface area contributed by atoms with Crippen LogP contribution in [0.1, 0.15) is 58.8 Å². The monoisotopic (exact) mass is 183 g/mol. The van der Waals surface area contributed by atoms with E-state index in [1.165, 1.54) is 51.5 Å². The van der Waals surface area contributed by atoms with Crippen LogP contribution in [0.2, 0.25) is 0 Å². The van der Waals surface area contributed by atoms with Crippen LogP contribution in [-0.4, -0.2) is 12.6 Å². The summed E-state index contributed by atoms with van der Waals surface area (Å²) < 4.78 is 0. The zero-order chi connectivity index (χ0) is 9.52. The van der Waals surface area contributed by atoms with E-state index in [1.54, 1.807) is 0 Å². The van der Waals surface area contributed by atoms with Gasteiger partial charge in [0.25, 0.3) is 0 Å². The first-order valence-electron chi connectivity index (χ1n) is 6.10. The third-order valence-corrected chi connectivity index (χ3v) is 3.30.